The van der Waals surface area contributed by atoms with E-state index in [1.807, 2.05) is 26.0 Å². The Morgan fingerprint density at radius 2 is 1.86 bits per heavy atom. The number of nitrogens with one attached hydrogen (secondary N) is 1. The highest BCUT2D eigenvalue weighted by Crippen LogP contribution is 2.26. The molecule has 0 saturated heterocycles. The molecule has 2 aromatic carbocycles. The van der Waals surface area contributed by atoms with E-state index in [1.165, 1.54) is 18.5 Å². The summed E-state index contributed by atoms with van der Waals surface area (Å²) in [4.78, 5) is 34.7. The van der Waals surface area contributed by atoms with Gasteiger partial charge in [0.15, 0.2) is 0 Å². The van der Waals surface area contributed by atoms with E-state index < -0.39 is 5.97 Å². The molecule has 4 rings (SSSR count). The lowest BCUT2D eigenvalue weighted by Gasteiger charge is -2.34. The first-order valence-corrected chi connectivity index (χ1v) is 11.5. The second kappa shape index (κ2) is 10.6. The molecule has 0 spiro atoms. The molecule has 180 valence electrons. The number of ether oxygens (including phenoxy) is 1. The first-order valence-electron chi connectivity index (χ1n) is 11.1. The van der Waals surface area contributed by atoms with E-state index in [2.05, 4.69) is 15.3 Å². The zero-order valence-electron chi connectivity index (χ0n) is 19.3. The second-order valence-electron chi connectivity index (χ2n) is 8.53. The van der Waals surface area contributed by atoms with Gasteiger partial charge in [-0.1, -0.05) is 37.6 Å². The molecule has 1 amide bonds. The smallest absolute Gasteiger partial charge is 0.337 e. The first kappa shape index (κ1) is 24.2. The van der Waals surface area contributed by atoms with Crippen LogP contribution in [-0.4, -0.2) is 39.4 Å². The average molecular weight is 493 g/mol. The monoisotopic (exact) mass is 492 g/mol. The molecule has 0 fully saturated rings. The van der Waals surface area contributed by atoms with E-state index in [1.54, 1.807) is 41.3 Å². The summed E-state index contributed by atoms with van der Waals surface area (Å²) in [5, 5.41) is 13.0. The van der Waals surface area contributed by atoms with Gasteiger partial charge in [-0.25, -0.2) is 4.79 Å². The number of nitrogens with zero attached hydrogens (tertiary/aromatic N) is 3. The van der Waals surface area contributed by atoms with Crippen LogP contribution in [0.4, 0.5) is 5.69 Å². The van der Waals surface area contributed by atoms with E-state index in [0.717, 1.165) is 11.3 Å². The van der Waals surface area contributed by atoms with Gasteiger partial charge >= 0.3 is 5.97 Å². The molecule has 1 unspecified atom stereocenters. The van der Waals surface area contributed by atoms with Crippen molar-refractivity contribution in [1.29, 1.82) is 0 Å². The average Bonchev–Trinajstić information content (AvgIpc) is 2.84. The van der Waals surface area contributed by atoms with Gasteiger partial charge in [0, 0.05) is 16.9 Å². The molecule has 2 heterocycles. The number of benzene rings is 2. The van der Waals surface area contributed by atoms with Crippen molar-refractivity contribution in [2.24, 2.45) is 16.8 Å². The minimum absolute atomic E-state index is 0.0261. The van der Waals surface area contributed by atoms with Crippen molar-refractivity contribution < 1.29 is 19.4 Å². The van der Waals surface area contributed by atoms with Crippen LogP contribution in [0, 0.1) is 11.8 Å². The van der Waals surface area contributed by atoms with Gasteiger partial charge in [-0.05, 0) is 53.9 Å². The van der Waals surface area contributed by atoms with E-state index in [0.29, 0.717) is 35.6 Å². The highest BCUT2D eigenvalue weighted by atomic mass is 35.5. The van der Waals surface area contributed by atoms with Crippen molar-refractivity contribution in [3.63, 3.8) is 0 Å². The van der Waals surface area contributed by atoms with E-state index in [9.17, 15) is 9.59 Å². The summed E-state index contributed by atoms with van der Waals surface area (Å²) >= 11 is 6.01. The van der Waals surface area contributed by atoms with Gasteiger partial charge in [-0.2, -0.15) is 0 Å². The lowest BCUT2D eigenvalue weighted by atomic mass is 9.93. The Morgan fingerprint density at radius 3 is 2.51 bits per heavy atom. The normalized spacial score (nSPS) is 15.7. The quantitative estimate of drug-likeness (QED) is 0.463. The number of aliphatic imine (C=N–C) groups is 1. The summed E-state index contributed by atoms with van der Waals surface area (Å²) in [7, 11) is 0. The second-order valence-corrected chi connectivity index (χ2v) is 8.97. The van der Waals surface area contributed by atoms with Gasteiger partial charge in [0.05, 0.1) is 30.8 Å². The van der Waals surface area contributed by atoms with Crippen LogP contribution in [0.15, 0.2) is 72.0 Å². The zero-order valence-corrected chi connectivity index (χ0v) is 20.1. The molecule has 1 aliphatic rings. The van der Waals surface area contributed by atoms with E-state index in [-0.39, 0.29) is 23.3 Å². The summed E-state index contributed by atoms with van der Waals surface area (Å²) in [5.74, 6) is 0.256. The van der Waals surface area contributed by atoms with E-state index in [4.69, 9.17) is 21.4 Å². The Balaban J connectivity index is 1.50. The number of anilines is 1. The number of halogens is 1. The topological polar surface area (TPSA) is 104 Å². The number of guanidine groups is 1. The van der Waals surface area contributed by atoms with Crippen molar-refractivity contribution in [2.45, 2.75) is 20.4 Å². The Bertz CT molecular complexity index is 1240. The predicted molar refractivity (Wildman–Crippen MR) is 134 cm³/mol. The van der Waals surface area contributed by atoms with Crippen molar-refractivity contribution in [3.8, 4) is 11.5 Å². The highest BCUT2D eigenvalue weighted by Gasteiger charge is 2.33. The third-order valence-corrected chi connectivity index (χ3v) is 5.89. The maximum Gasteiger partial charge on any atom is 0.337 e. The number of carboxylic acids is 1. The summed E-state index contributed by atoms with van der Waals surface area (Å²) in [6, 6.07) is 15.9. The fourth-order valence-corrected chi connectivity index (χ4v) is 3.77. The van der Waals surface area contributed by atoms with Gasteiger partial charge in [-0.15, -0.1) is 0 Å². The van der Waals surface area contributed by atoms with Crippen LogP contribution >= 0.6 is 11.6 Å². The summed E-state index contributed by atoms with van der Waals surface area (Å²) < 4.78 is 5.72. The van der Waals surface area contributed by atoms with Crippen molar-refractivity contribution in [3.05, 3.63) is 83.1 Å². The number of carboxylic acid groups (broad SMARTS) is 1. The van der Waals surface area contributed by atoms with Crippen LogP contribution in [0.1, 0.15) is 29.8 Å². The fourth-order valence-electron chi connectivity index (χ4n) is 3.64. The SMILES string of the molecule is CC(C)C1CN=C(Nc2ccc(Oc3cncc(C(=O)O)c3)cc2)N(Cc2ccc(Cl)cc2)C1=O. The number of hydrogen-bond acceptors (Lipinski definition) is 6. The van der Waals surface area contributed by atoms with Crippen LogP contribution in [-0.2, 0) is 11.3 Å². The van der Waals surface area contributed by atoms with Crippen LogP contribution in [0.5, 0.6) is 11.5 Å². The molecule has 3 aromatic rings. The maximum absolute atomic E-state index is 13.3. The molecule has 1 atom stereocenters. The lowest BCUT2D eigenvalue weighted by molar-refractivity contribution is -0.133. The van der Waals surface area contributed by atoms with Crippen molar-refractivity contribution in [1.82, 2.24) is 9.88 Å². The molecule has 0 saturated carbocycles. The minimum atomic E-state index is -1.08. The molecule has 0 radical (unpaired) electrons. The first-order chi connectivity index (χ1) is 16.8. The number of rotatable bonds is 7. The number of aromatic nitrogens is 1. The molecule has 1 aromatic heterocycles. The molecule has 1 aliphatic heterocycles. The molecular formula is C26H25ClN4O4. The Hall–Kier alpha value is -3.91. The van der Waals surface area contributed by atoms with E-state index >= 15 is 0 Å². The molecule has 2 N–H and O–H groups in total. The van der Waals surface area contributed by atoms with Gasteiger partial charge in [0.2, 0.25) is 11.9 Å². The largest absolute Gasteiger partial charge is 0.478 e. The number of amides is 1. The third kappa shape index (κ3) is 5.96. The van der Waals surface area contributed by atoms with Gasteiger partial charge < -0.3 is 15.2 Å². The molecule has 9 heteroatoms. The van der Waals surface area contributed by atoms with Gasteiger partial charge in [0.1, 0.15) is 11.5 Å². The van der Waals surface area contributed by atoms with Crippen molar-refractivity contribution >= 4 is 35.1 Å². The minimum Gasteiger partial charge on any atom is -0.478 e. The summed E-state index contributed by atoms with van der Waals surface area (Å²) in [6.07, 6.45) is 2.70. The fraction of sp³-hybridized carbons (Fsp3) is 0.231. The summed E-state index contributed by atoms with van der Waals surface area (Å²) in [6.45, 7) is 4.85. The molecule has 35 heavy (non-hydrogen) atoms. The molecule has 0 bridgehead atoms. The Morgan fingerprint density at radius 1 is 1.14 bits per heavy atom. The van der Waals surface area contributed by atoms with Gasteiger partial charge in [0.25, 0.3) is 0 Å². The number of pyridine rings is 1. The standard InChI is InChI=1S/C26H25ClN4O4/c1-16(2)23-14-29-26(31(24(23)32)15-17-3-5-19(27)6-4-17)30-20-7-9-21(10-8-20)35-22-11-18(25(33)34)12-28-13-22/h3-13,16,23H,14-15H2,1-2H3,(H,29,30)(H,33,34). The molecule has 8 nitrogen and oxygen atoms in total. The number of carbonyl (C=O) groups excluding carboxylic acids is 1. The van der Waals surface area contributed by atoms with Gasteiger partial charge in [-0.3, -0.25) is 19.7 Å². The van der Waals surface area contributed by atoms with Crippen molar-refractivity contribution in [2.75, 3.05) is 11.9 Å². The molecule has 0 aliphatic carbocycles. The Kier molecular flexibility index (Phi) is 7.31. The Labute approximate surface area is 208 Å². The summed E-state index contributed by atoms with van der Waals surface area (Å²) in [5.41, 5.74) is 1.72. The lowest BCUT2D eigenvalue weighted by Crippen LogP contribution is -2.49. The highest BCUT2D eigenvalue weighted by molar-refractivity contribution is 6.30. The van der Waals surface area contributed by atoms with Crippen LogP contribution in [0.25, 0.3) is 0 Å². The van der Waals surface area contributed by atoms with Crippen LogP contribution in [0.2, 0.25) is 5.02 Å². The molecular weight excluding hydrogens is 468 g/mol. The number of hydrogen-bond donors (Lipinski definition) is 2. The van der Waals surface area contributed by atoms with Crippen LogP contribution < -0.4 is 10.1 Å². The number of carbonyl (C=O) groups is 2. The predicted octanol–water partition coefficient (Wildman–Crippen LogP) is 5.31. The third-order valence-electron chi connectivity index (χ3n) is 5.64. The van der Waals surface area contributed by atoms with Crippen LogP contribution in [0.3, 0.4) is 0 Å². The zero-order chi connectivity index (χ0) is 24.9. The maximum atomic E-state index is 13.3. The number of aromatic carboxylic acids is 1.